The van der Waals surface area contributed by atoms with E-state index in [-0.39, 0.29) is 28.6 Å². The number of nitrogens with two attached hydrogens (primary N) is 1. The summed E-state index contributed by atoms with van der Waals surface area (Å²) < 4.78 is 23.5. The topological polar surface area (TPSA) is 61.5 Å². The van der Waals surface area contributed by atoms with Crippen molar-refractivity contribution in [2.75, 3.05) is 20.8 Å². The minimum Gasteiger partial charge on any atom is -0.493 e. The van der Waals surface area contributed by atoms with Gasteiger partial charge in [0.1, 0.15) is 5.56 Å². The maximum absolute atomic E-state index is 13.7. The van der Waals surface area contributed by atoms with E-state index in [9.17, 15) is 9.18 Å². The SMILES string of the molecule is COc1cc(Cl)c(F)c(C(=O)CN)c1OC. The Morgan fingerprint density at radius 2 is 2.12 bits per heavy atom. The van der Waals surface area contributed by atoms with Gasteiger partial charge in [-0.05, 0) is 0 Å². The summed E-state index contributed by atoms with van der Waals surface area (Å²) in [6.45, 7) is -0.337. The molecule has 0 saturated heterocycles. The minimum atomic E-state index is -0.852. The Morgan fingerprint density at radius 3 is 2.56 bits per heavy atom. The molecule has 0 bridgehead atoms. The van der Waals surface area contributed by atoms with Crippen LogP contribution in [0.4, 0.5) is 4.39 Å². The van der Waals surface area contributed by atoms with Crippen molar-refractivity contribution in [3.8, 4) is 11.5 Å². The number of carbonyl (C=O) groups excluding carboxylic acids is 1. The molecule has 0 aliphatic rings. The van der Waals surface area contributed by atoms with Gasteiger partial charge in [-0.2, -0.15) is 0 Å². The van der Waals surface area contributed by atoms with E-state index in [4.69, 9.17) is 26.8 Å². The first kappa shape index (κ1) is 12.7. The highest BCUT2D eigenvalue weighted by Gasteiger charge is 2.23. The number of ketones is 1. The van der Waals surface area contributed by atoms with Gasteiger partial charge in [0.25, 0.3) is 0 Å². The second-order valence-corrected chi connectivity index (χ2v) is 3.32. The highest BCUT2D eigenvalue weighted by molar-refractivity contribution is 6.31. The monoisotopic (exact) mass is 247 g/mol. The summed E-state index contributed by atoms with van der Waals surface area (Å²) in [6, 6.07) is 1.24. The Bertz CT molecular complexity index is 423. The van der Waals surface area contributed by atoms with E-state index in [2.05, 4.69) is 0 Å². The fourth-order valence-corrected chi connectivity index (χ4v) is 1.49. The molecule has 2 N–H and O–H groups in total. The maximum atomic E-state index is 13.7. The predicted octanol–water partition coefficient (Wildman–Crippen LogP) is 1.64. The van der Waals surface area contributed by atoms with Gasteiger partial charge in [0.2, 0.25) is 0 Å². The molecule has 0 aliphatic carbocycles. The van der Waals surface area contributed by atoms with Crippen molar-refractivity contribution < 1.29 is 18.7 Å². The summed E-state index contributed by atoms with van der Waals surface area (Å²) in [7, 11) is 2.67. The lowest BCUT2D eigenvalue weighted by atomic mass is 10.1. The Morgan fingerprint density at radius 1 is 1.50 bits per heavy atom. The summed E-state index contributed by atoms with van der Waals surface area (Å²) in [5.74, 6) is -1.27. The fourth-order valence-electron chi connectivity index (χ4n) is 1.29. The molecule has 0 aromatic heterocycles. The molecule has 1 aromatic rings. The third kappa shape index (κ3) is 2.10. The average molecular weight is 248 g/mol. The van der Waals surface area contributed by atoms with E-state index in [0.29, 0.717) is 0 Å². The largest absolute Gasteiger partial charge is 0.493 e. The lowest BCUT2D eigenvalue weighted by Gasteiger charge is -2.13. The Labute approximate surface area is 97.1 Å². The lowest BCUT2D eigenvalue weighted by Crippen LogP contribution is -2.17. The quantitative estimate of drug-likeness (QED) is 0.822. The molecule has 0 saturated carbocycles. The highest BCUT2D eigenvalue weighted by Crippen LogP contribution is 2.37. The third-order valence-corrected chi connectivity index (χ3v) is 2.30. The zero-order chi connectivity index (χ0) is 12.3. The number of halogens is 2. The number of methoxy groups -OCH3 is 2. The lowest BCUT2D eigenvalue weighted by molar-refractivity contribution is 0.0993. The van der Waals surface area contributed by atoms with E-state index >= 15 is 0 Å². The smallest absolute Gasteiger partial charge is 0.183 e. The molecule has 0 amide bonds. The minimum absolute atomic E-state index is 0.000139. The standard InChI is InChI=1S/C10H11ClFNO3/c1-15-7-3-5(11)9(12)8(6(14)4-13)10(7)16-2/h3H,4,13H2,1-2H3. The van der Waals surface area contributed by atoms with E-state index < -0.39 is 11.6 Å². The van der Waals surface area contributed by atoms with Crippen LogP contribution >= 0.6 is 11.6 Å². The Hall–Kier alpha value is -1.33. The first-order valence-corrected chi connectivity index (χ1v) is 4.77. The summed E-state index contributed by atoms with van der Waals surface area (Å²) in [6.07, 6.45) is 0. The molecular weight excluding hydrogens is 237 g/mol. The van der Waals surface area contributed by atoms with Crippen molar-refractivity contribution in [2.45, 2.75) is 0 Å². The highest BCUT2D eigenvalue weighted by atomic mass is 35.5. The van der Waals surface area contributed by atoms with E-state index in [1.54, 1.807) is 0 Å². The average Bonchev–Trinajstić information content (AvgIpc) is 2.30. The van der Waals surface area contributed by atoms with Crippen molar-refractivity contribution in [3.63, 3.8) is 0 Å². The van der Waals surface area contributed by atoms with Crippen LogP contribution < -0.4 is 15.2 Å². The van der Waals surface area contributed by atoms with Crippen LogP contribution in [-0.4, -0.2) is 26.5 Å². The van der Waals surface area contributed by atoms with Crippen LogP contribution in [0.5, 0.6) is 11.5 Å². The van der Waals surface area contributed by atoms with Crippen LogP contribution in [0.2, 0.25) is 5.02 Å². The molecule has 0 unspecified atom stereocenters. The molecule has 4 nitrogen and oxygen atoms in total. The Balaban J connectivity index is 3.53. The first-order valence-electron chi connectivity index (χ1n) is 4.40. The molecule has 0 heterocycles. The maximum Gasteiger partial charge on any atom is 0.183 e. The van der Waals surface area contributed by atoms with Crippen molar-refractivity contribution in [3.05, 3.63) is 22.5 Å². The van der Waals surface area contributed by atoms with Gasteiger partial charge in [-0.15, -0.1) is 0 Å². The summed E-state index contributed by atoms with van der Waals surface area (Å²) in [5.41, 5.74) is 4.90. The van der Waals surface area contributed by atoms with Gasteiger partial charge >= 0.3 is 0 Å². The van der Waals surface area contributed by atoms with Gasteiger partial charge in [0.15, 0.2) is 23.1 Å². The molecule has 88 valence electrons. The number of Topliss-reactive ketones (excluding diaryl/α,β-unsaturated/α-hetero) is 1. The summed E-state index contributed by atoms with van der Waals surface area (Å²) in [5, 5.41) is -0.213. The fraction of sp³-hybridized carbons (Fsp3) is 0.300. The molecule has 0 atom stereocenters. The van der Waals surface area contributed by atoms with Gasteiger partial charge in [-0.3, -0.25) is 4.79 Å². The van der Waals surface area contributed by atoms with Crippen LogP contribution in [-0.2, 0) is 0 Å². The Kier molecular flexibility index (Phi) is 4.09. The molecule has 0 radical (unpaired) electrons. The molecule has 0 fully saturated rings. The number of hydrogen-bond acceptors (Lipinski definition) is 4. The number of ether oxygens (including phenoxy) is 2. The van der Waals surface area contributed by atoms with E-state index in [0.717, 1.165) is 0 Å². The zero-order valence-electron chi connectivity index (χ0n) is 8.84. The van der Waals surface area contributed by atoms with Crippen LogP contribution in [0.15, 0.2) is 6.07 Å². The normalized spacial score (nSPS) is 10.1. The number of carbonyl (C=O) groups is 1. The second-order valence-electron chi connectivity index (χ2n) is 2.91. The van der Waals surface area contributed by atoms with Crippen LogP contribution in [0, 0.1) is 5.82 Å². The van der Waals surface area contributed by atoms with Gasteiger partial charge in [-0.25, -0.2) is 4.39 Å². The van der Waals surface area contributed by atoms with Gasteiger partial charge in [-0.1, -0.05) is 11.6 Å². The van der Waals surface area contributed by atoms with Gasteiger partial charge in [0.05, 0.1) is 25.8 Å². The zero-order valence-corrected chi connectivity index (χ0v) is 9.60. The molecule has 6 heteroatoms. The molecule has 1 rings (SSSR count). The van der Waals surface area contributed by atoms with E-state index in [1.807, 2.05) is 0 Å². The van der Waals surface area contributed by atoms with Gasteiger partial charge < -0.3 is 15.2 Å². The predicted molar refractivity (Wildman–Crippen MR) is 57.9 cm³/mol. The van der Waals surface area contributed by atoms with Crippen molar-refractivity contribution in [1.29, 1.82) is 0 Å². The van der Waals surface area contributed by atoms with Gasteiger partial charge in [0, 0.05) is 6.07 Å². The van der Waals surface area contributed by atoms with Crippen LogP contribution in [0.3, 0.4) is 0 Å². The van der Waals surface area contributed by atoms with Crippen LogP contribution in [0.1, 0.15) is 10.4 Å². The van der Waals surface area contributed by atoms with E-state index in [1.165, 1.54) is 20.3 Å². The molecule has 0 aliphatic heterocycles. The first-order chi connectivity index (χ1) is 7.56. The second kappa shape index (κ2) is 5.14. The van der Waals surface area contributed by atoms with Crippen molar-refractivity contribution in [2.24, 2.45) is 5.73 Å². The number of hydrogen-bond donors (Lipinski definition) is 1. The van der Waals surface area contributed by atoms with Crippen molar-refractivity contribution >= 4 is 17.4 Å². The summed E-state index contributed by atoms with van der Waals surface area (Å²) in [4.78, 5) is 11.5. The number of rotatable bonds is 4. The van der Waals surface area contributed by atoms with Crippen molar-refractivity contribution in [1.82, 2.24) is 0 Å². The molecule has 0 spiro atoms. The molecular formula is C10H11ClFNO3. The molecule has 16 heavy (non-hydrogen) atoms. The molecule has 1 aromatic carbocycles. The number of benzene rings is 1. The summed E-state index contributed by atoms with van der Waals surface area (Å²) >= 11 is 5.62. The van der Waals surface area contributed by atoms with Crippen LogP contribution in [0.25, 0.3) is 0 Å². The third-order valence-electron chi connectivity index (χ3n) is 2.03.